The van der Waals surface area contributed by atoms with Gasteiger partial charge in [-0.2, -0.15) is 5.26 Å². The van der Waals surface area contributed by atoms with E-state index in [0.717, 1.165) is 5.56 Å². The largest absolute Gasteiger partial charge is 0.465 e. The van der Waals surface area contributed by atoms with Crippen molar-refractivity contribution in [3.05, 3.63) is 40.6 Å². The molecular weight excluding hydrogens is 306 g/mol. The van der Waals surface area contributed by atoms with Crippen molar-refractivity contribution >= 4 is 29.2 Å². The van der Waals surface area contributed by atoms with E-state index in [2.05, 4.69) is 10.6 Å². The number of hydrogen-bond donors (Lipinski definition) is 2. The predicted molar refractivity (Wildman–Crippen MR) is 83.2 cm³/mol. The van der Waals surface area contributed by atoms with Gasteiger partial charge in [0.2, 0.25) is 0 Å². The Bertz CT molecular complexity index is 635. The van der Waals surface area contributed by atoms with E-state index in [9.17, 15) is 9.59 Å². The van der Waals surface area contributed by atoms with Crippen molar-refractivity contribution in [1.29, 1.82) is 5.26 Å². The number of ether oxygens (including phenoxy) is 1. The SMILES string of the molecule is CCOC(=O)CN/C=C(/C#N)C(=O)Nc1cc(Cl)ccc1C. The van der Waals surface area contributed by atoms with Gasteiger partial charge in [-0.3, -0.25) is 9.59 Å². The summed E-state index contributed by atoms with van der Waals surface area (Å²) in [6.07, 6.45) is 1.17. The number of nitriles is 1. The van der Waals surface area contributed by atoms with Crippen molar-refractivity contribution in [3.63, 3.8) is 0 Å². The van der Waals surface area contributed by atoms with Gasteiger partial charge in [0.15, 0.2) is 0 Å². The van der Waals surface area contributed by atoms with Gasteiger partial charge in [0.05, 0.1) is 6.61 Å². The van der Waals surface area contributed by atoms with E-state index in [1.807, 2.05) is 0 Å². The molecule has 0 aromatic heterocycles. The molecule has 6 nitrogen and oxygen atoms in total. The number of hydrogen-bond acceptors (Lipinski definition) is 5. The lowest BCUT2D eigenvalue weighted by Crippen LogP contribution is -2.23. The van der Waals surface area contributed by atoms with Gasteiger partial charge in [0, 0.05) is 16.9 Å². The Hall–Kier alpha value is -2.52. The number of esters is 1. The minimum absolute atomic E-state index is 0.123. The Balaban J connectivity index is 2.70. The number of carbonyl (C=O) groups excluding carboxylic acids is 2. The predicted octanol–water partition coefficient (Wildman–Crippen LogP) is 2.15. The van der Waals surface area contributed by atoms with Crippen LogP contribution in [0.2, 0.25) is 5.02 Å². The van der Waals surface area contributed by atoms with Crippen molar-refractivity contribution in [2.75, 3.05) is 18.5 Å². The quantitative estimate of drug-likeness (QED) is 0.476. The van der Waals surface area contributed by atoms with Crippen LogP contribution in [0.25, 0.3) is 0 Å². The van der Waals surface area contributed by atoms with Crippen LogP contribution in [-0.2, 0) is 14.3 Å². The number of aryl methyl sites for hydroxylation is 1. The molecule has 1 aromatic rings. The van der Waals surface area contributed by atoms with E-state index < -0.39 is 11.9 Å². The molecule has 1 rings (SSSR count). The van der Waals surface area contributed by atoms with Crippen molar-refractivity contribution in [1.82, 2.24) is 5.32 Å². The normalized spacial score (nSPS) is 10.5. The molecule has 1 aromatic carbocycles. The maximum atomic E-state index is 12.0. The lowest BCUT2D eigenvalue weighted by atomic mass is 10.2. The number of carbonyl (C=O) groups is 2. The molecule has 0 saturated heterocycles. The molecule has 0 aliphatic carbocycles. The first kappa shape index (κ1) is 17.5. The highest BCUT2D eigenvalue weighted by atomic mass is 35.5. The summed E-state index contributed by atoms with van der Waals surface area (Å²) in [6.45, 7) is 3.64. The van der Waals surface area contributed by atoms with E-state index in [-0.39, 0.29) is 18.7 Å². The second kappa shape index (κ2) is 8.70. The fourth-order valence-corrected chi connectivity index (χ4v) is 1.69. The zero-order chi connectivity index (χ0) is 16.5. The van der Waals surface area contributed by atoms with E-state index >= 15 is 0 Å². The zero-order valence-corrected chi connectivity index (χ0v) is 13.0. The van der Waals surface area contributed by atoms with Crippen molar-refractivity contribution in [2.24, 2.45) is 0 Å². The van der Waals surface area contributed by atoms with Gasteiger partial charge in [-0.15, -0.1) is 0 Å². The van der Waals surface area contributed by atoms with E-state index in [4.69, 9.17) is 21.6 Å². The molecule has 2 N–H and O–H groups in total. The highest BCUT2D eigenvalue weighted by molar-refractivity contribution is 6.31. The molecule has 0 saturated carbocycles. The zero-order valence-electron chi connectivity index (χ0n) is 12.3. The van der Waals surface area contributed by atoms with E-state index in [1.165, 1.54) is 6.20 Å². The fourth-order valence-electron chi connectivity index (χ4n) is 1.52. The minimum atomic E-state index is -0.593. The number of amides is 1. The van der Waals surface area contributed by atoms with Gasteiger partial charge in [0.25, 0.3) is 5.91 Å². The molecule has 22 heavy (non-hydrogen) atoms. The standard InChI is InChI=1S/C15H16ClN3O3/c1-3-22-14(20)9-18-8-11(7-17)15(21)19-13-6-12(16)5-4-10(13)2/h4-6,8,18H,3,9H2,1-2H3,(H,19,21)/b11-8-. The molecule has 0 spiro atoms. The van der Waals surface area contributed by atoms with Crippen molar-refractivity contribution < 1.29 is 14.3 Å². The number of anilines is 1. The molecule has 0 radical (unpaired) electrons. The minimum Gasteiger partial charge on any atom is -0.465 e. The maximum absolute atomic E-state index is 12.0. The van der Waals surface area contributed by atoms with Crippen LogP contribution in [0.4, 0.5) is 5.69 Å². The van der Waals surface area contributed by atoms with E-state index in [0.29, 0.717) is 10.7 Å². The molecule has 0 atom stereocenters. The van der Waals surface area contributed by atoms with Gasteiger partial charge >= 0.3 is 5.97 Å². The lowest BCUT2D eigenvalue weighted by Gasteiger charge is -2.08. The van der Waals surface area contributed by atoms with Gasteiger partial charge < -0.3 is 15.4 Å². The summed E-state index contributed by atoms with van der Waals surface area (Å²) in [4.78, 5) is 23.2. The molecule has 0 heterocycles. The lowest BCUT2D eigenvalue weighted by molar-refractivity contribution is -0.141. The summed E-state index contributed by atoms with van der Waals surface area (Å²) >= 11 is 5.87. The second-order valence-corrected chi connectivity index (χ2v) is 4.71. The summed E-state index contributed by atoms with van der Waals surface area (Å²) < 4.78 is 4.71. The van der Waals surface area contributed by atoms with Gasteiger partial charge in [0.1, 0.15) is 18.2 Å². The second-order valence-electron chi connectivity index (χ2n) is 4.27. The summed E-state index contributed by atoms with van der Waals surface area (Å²) in [5.41, 5.74) is 1.17. The Morgan fingerprint density at radius 2 is 2.18 bits per heavy atom. The number of nitrogens with one attached hydrogen (secondary N) is 2. The number of rotatable bonds is 6. The van der Waals surface area contributed by atoms with Crippen LogP contribution in [0.3, 0.4) is 0 Å². The molecule has 0 fully saturated rings. The first-order valence-electron chi connectivity index (χ1n) is 6.54. The van der Waals surface area contributed by atoms with Crippen LogP contribution in [0.1, 0.15) is 12.5 Å². The molecule has 0 bridgehead atoms. The van der Waals surface area contributed by atoms with Gasteiger partial charge in [-0.25, -0.2) is 0 Å². The summed E-state index contributed by atoms with van der Waals surface area (Å²) in [7, 11) is 0. The van der Waals surface area contributed by atoms with Gasteiger partial charge in [-0.1, -0.05) is 17.7 Å². The smallest absolute Gasteiger partial charge is 0.325 e. The van der Waals surface area contributed by atoms with Crippen molar-refractivity contribution in [3.8, 4) is 6.07 Å². The van der Waals surface area contributed by atoms with Crippen LogP contribution in [-0.4, -0.2) is 25.0 Å². The Morgan fingerprint density at radius 3 is 2.82 bits per heavy atom. The Kier molecular flexibility index (Phi) is 6.93. The summed E-state index contributed by atoms with van der Waals surface area (Å²) in [5.74, 6) is -1.06. The van der Waals surface area contributed by atoms with Crippen LogP contribution in [0.15, 0.2) is 30.0 Å². The third kappa shape index (κ3) is 5.46. The summed E-state index contributed by atoms with van der Waals surface area (Å²) in [6, 6.07) is 6.82. The average Bonchev–Trinajstić information content (AvgIpc) is 2.47. The van der Waals surface area contributed by atoms with Crippen LogP contribution in [0, 0.1) is 18.3 Å². The average molecular weight is 322 g/mol. The molecule has 0 aliphatic rings. The van der Waals surface area contributed by atoms with Crippen molar-refractivity contribution in [2.45, 2.75) is 13.8 Å². The van der Waals surface area contributed by atoms with Crippen LogP contribution in [0.5, 0.6) is 0 Å². The van der Waals surface area contributed by atoms with Crippen LogP contribution < -0.4 is 10.6 Å². The fraction of sp³-hybridized carbons (Fsp3) is 0.267. The molecule has 1 amide bonds. The first-order valence-corrected chi connectivity index (χ1v) is 6.92. The third-order valence-corrected chi connectivity index (χ3v) is 2.85. The topological polar surface area (TPSA) is 91.2 Å². The molecule has 116 valence electrons. The molecule has 0 aliphatic heterocycles. The number of nitrogens with zero attached hydrogens (tertiary/aromatic N) is 1. The summed E-state index contributed by atoms with van der Waals surface area (Å²) in [5, 5.41) is 14.6. The monoisotopic (exact) mass is 321 g/mol. The number of halogens is 1. The first-order chi connectivity index (χ1) is 10.5. The maximum Gasteiger partial charge on any atom is 0.325 e. The molecule has 0 unspecified atom stereocenters. The Morgan fingerprint density at radius 1 is 1.45 bits per heavy atom. The highest BCUT2D eigenvalue weighted by Crippen LogP contribution is 2.20. The van der Waals surface area contributed by atoms with Crippen LogP contribution >= 0.6 is 11.6 Å². The Labute approximate surface area is 133 Å². The highest BCUT2D eigenvalue weighted by Gasteiger charge is 2.11. The van der Waals surface area contributed by atoms with E-state index in [1.54, 1.807) is 38.1 Å². The molecular formula is C15H16ClN3O3. The third-order valence-electron chi connectivity index (χ3n) is 2.61. The number of benzene rings is 1. The van der Waals surface area contributed by atoms with Gasteiger partial charge in [-0.05, 0) is 31.5 Å². The molecule has 7 heteroatoms.